The maximum Gasteiger partial charge on any atom is 0.348 e. The Bertz CT molecular complexity index is 1220. The fourth-order valence-electron chi connectivity index (χ4n) is 3.02. The van der Waals surface area contributed by atoms with Crippen LogP contribution < -0.4 is 10.1 Å². The number of amides is 1. The molecule has 0 aliphatic heterocycles. The van der Waals surface area contributed by atoms with Crippen molar-refractivity contribution in [1.29, 1.82) is 0 Å². The number of nitrogens with one attached hydrogen (secondary N) is 1. The number of ether oxygens (including phenoxy) is 3. The topological polar surface area (TPSA) is 109 Å². The van der Waals surface area contributed by atoms with Gasteiger partial charge in [0.2, 0.25) is 0 Å². The number of aromatic nitrogens is 2. The Morgan fingerprint density at radius 2 is 1.79 bits per heavy atom. The van der Waals surface area contributed by atoms with Crippen LogP contribution in [0.3, 0.4) is 0 Å². The second-order valence-corrected chi connectivity index (χ2v) is 8.53. The van der Waals surface area contributed by atoms with Crippen LogP contribution in [0.5, 0.6) is 5.75 Å². The Morgan fingerprint density at radius 3 is 2.50 bits per heavy atom. The number of aryl methyl sites for hydroxylation is 1. The van der Waals surface area contributed by atoms with Gasteiger partial charge in [-0.25, -0.2) is 14.3 Å². The Morgan fingerprint density at radius 1 is 1.09 bits per heavy atom. The first-order chi connectivity index (χ1) is 16.2. The number of carbonyl (C=O) groups is 3. The van der Waals surface area contributed by atoms with Gasteiger partial charge in [0, 0.05) is 6.20 Å². The van der Waals surface area contributed by atoms with Crippen LogP contribution in [0.1, 0.15) is 55.5 Å². The lowest BCUT2D eigenvalue weighted by atomic mass is 10.1. The van der Waals surface area contributed by atoms with Crippen LogP contribution in [0, 0.1) is 13.8 Å². The van der Waals surface area contributed by atoms with Crippen LogP contribution in [-0.2, 0) is 16.2 Å². The van der Waals surface area contributed by atoms with Gasteiger partial charge in [0.25, 0.3) is 5.91 Å². The van der Waals surface area contributed by atoms with E-state index in [2.05, 4.69) is 10.4 Å². The maximum absolute atomic E-state index is 12.8. The number of halogens is 1. The summed E-state index contributed by atoms with van der Waals surface area (Å²) in [4.78, 5) is 37.9. The quantitative estimate of drug-likeness (QED) is 0.414. The van der Waals surface area contributed by atoms with Crippen LogP contribution in [0.25, 0.3) is 0 Å². The number of hydrogen-bond donors (Lipinski definition) is 1. The van der Waals surface area contributed by atoms with Crippen molar-refractivity contribution in [2.75, 3.05) is 18.5 Å². The average molecular weight is 506 g/mol. The first-order valence-corrected chi connectivity index (χ1v) is 11.7. The highest BCUT2D eigenvalue weighted by molar-refractivity contribution is 7.18. The largest absolute Gasteiger partial charge is 0.470 e. The summed E-state index contributed by atoms with van der Waals surface area (Å²) in [6, 6.07) is 6.92. The van der Waals surface area contributed by atoms with Crippen molar-refractivity contribution < 1.29 is 28.6 Å². The van der Waals surface area contributed by atoms with E-state index in [-0.39, 0.29) is 41.1 Å². The van der Waals surface area contributed by atoms with Gasteiger partial charge >= 0.3 is 11.9 Å². The summed E-state index contributed by atoms with van der Waals surface area (Å²) < 4.78 is 17.3. The SMILES string of the molecule is CCOC(=O)c1sc(NC(=O)c2ccn(COc3cc(C)ccc3Cl)n2)c(C(=O)OCC)c1C. The van der Waals surface area contributed by atoms with E-state index >= 15 is 0 Å². The van der Waals surface area contributed by atoms with E-state index in [9.17, 15) is 14.4 Å². The molecule has 34 heavy (non-hydrogen) atoms. The smallest absolute Gasteiger partial charge is 0.348 e. The number of thiophene rings is 1. The monoisotopic (exact) mass is 505 g/mol. The zero-order chi connectivity index (χ0) is 24.8. The van der Waals surface area contributed by atoms with Gasteiger partial charge in [0.1, 0.15) is 15.6 Å². The molecule has 0 unspecified atom stereocenters. The van der Waals surface area contributed by atoms with E-state index in [1.807, 2.05) is 13.0 Å². The molecular formula is C23H24ClN3O6S. The molecule has 0 aliphatic rings. The molecule has 0 atom stereocenters. The van der Waals surface area contributed by atoms with Crippen molar-refractivity contribution in [3.63, 3.8) is 0 Å². The molecule has 1 N–H and O–H groups in total. The number of benzene rings is 1. The molecule has 11 heteroatoms. The summed E-state index contributed by atoms with van der Waals surface area (Å²) in [7, 11) is 0. The Labute approximate surface area is 205 Å². The van der Waals surface area contributed by atoms with E-state index in [1.54, 1.807) is 39.1 Å². The Balaban J connectivity index is 1.78. The van der Waals surface area contributed by atoms with E-state index in [1.165, 1.54) is 10.7 Å². The second kappa shape index (κ2) is 11.2. The van der Waals surface area contributed by atoms with Crippen molar-refractivity contribution in [1.82, 2.24) is 9.78 Å². The highest BCUT2D eigenvalue weighted by Gasteiger charge is 2.28. The minimum atomic E-state index is -0.643. The van der Waals surface area contributed by atoms with Gasteiger partial charge in [0.15, 0.2) is 12.4 Å². The van der Waals surface area contributed by atoms with Crippen LogP contribution >= 0.6 is 22.9 Å². The third-order valence-electron chi connectivity index (χ3n) is 4.63. The number of anilines is 1. The molecule has 0 radical (unpaired) electrons. The summed E-state index contributed by atoms with van der Waals surface area (Å²) in [6.45, 7) is 7.24. The predicted octanol–water partition coefficient (Wildman–Crippen LogP) is 4.86. The van der Waals surface area contributed by atoms with Gasteiger partial charge in [-0.3, -0.25) is 4.79 Å². The molecule has 180 valence electrons. The van der Waals surface area contributed by atoms with Gasteiger partial charge in [-0.15, -0.1) is 11.3 Å². The molecule has 0 fully saturated rings. The van der Waals surface area contributed by atoms with Crippen molar-refractivity contribution in [3.05, 3.63) is 62.7 Å². The minimum absolute atomic E-state index is 0.0373. The minimum Gasteiger partial charge on any atom is -0.470 e. The first-order valence-electron chi connectivity index (χ1n) is 10.5. The zero-order valence-electron chi connectivity index (χ0n) is 19.1. The standard InChI is InChI=1S/C23H24ClN3O6S/c1-5-31-22(29)18-14(4)19(23(30)32-6-2)34-21(18)25-20(28)16-9-10-27(26-16)12-33-17-11-13(3)7-8-15(17)24/h7-11H,5-6,12H2,1-4H3,(H,25,28). The van der Waals surface area contributed by atoms with Gasteiger partial charge < -0.3 is 19.5 Å². The lowest BCUT2D eigenvalue weighted by Gasteiger charge is -2.09. The first kappa shape index (κ1) is 25.3. The number of rotatable bonds is 9. The van der Waals surface area contributed by atoms with E-state index in [4.69, 9.17) is 25.8 Å². The summed E-state index contributed by atoms with van der Waals surface area (Å²) in [5.74, 6) is -1.28. The van der Waals surface area contributed by atoms with Gasteiger partial charge in [-0.1, -0.05) is 17.7 Å². The molecule has 3 aromatic rings. The van der Waals surface area contributed by atoms with E-state index in [0.717, 1.165) is 16.9 Å². The van der Waals surface area contributed by atoms with Crippen molar-refractivity contribution in [2.45, 2.75) is 34.4 Å². The van der Waals surface area contributed by atoms with Gasteiger partial charge in [0.05, 0.1) is 23.8 Å². The maximum atomic E-state index is 12.8. The average Bonchev–Trinajstić information content (AvgIpc) is 3.39. The van der Waals surface area contributed by atoms with Crippen molar-refractivity contribution in [3.8, 4) is 5.75 Å². The lowest BCUT2D eigenvalue weighted by molar-refractivity contribution is 0.0527. The number of nitrogens with zero attached hydrogens (tertiary/aromatic N) is 2. The second-order valence-electron chi connectivity index (χ2n) is 7.10. The highest BCUT2D eigenvalue weighted by Crippen LogP contribution is 2.34. The molecule has 1 amide bonds. The summed E-state index contributed by atoms with van der Waals surface area (Å²) in [5.41, 5.74) is 1.58. The molecule has 0 bridgehead atoms. The Kier molecular flexibility index (Phi) is 8.30. The van der Waals surface area contributed by atoms with Crippen LogP contribution in [0.2, 0.25) is 5.02 Å². The third-order valence-corrected chi connectivity index (χ3v) is 6.13. The molecule has 1 aromatic carbocycles. The molecule has 0 saturated carbocycles. The van der Waals surface area contributed by atoms with Gasteiger partial charge in [-0.2, -0.15) is 5.10 Å². The molecule has 9 nitrogen and oxygen atoms in total. The fourth-order valence-corrected chi connectivity index (χ4v) is 4.28. The number of hydrogen-bond acceptors (Lipinski definition) is 8. The molecule has 0 saturated heterocycles. The van der Waals surface area contributed by atoms with Crippen LogP contribution in [0.15, 0.2) is 30.5 Å². The molecule has 2 aromatic heterocycles. The van der Waals surface area contributed by atoms with E-state index in [0.29, 0.717) is 16.3 Å². The zero-order valence-corrected chi connectivity index (χ0v) is 20.7. The molecular weight excluding hydrogens is 482 g/mol. The number of esters is 2. The third kappa shape index (κ3) is 5.75. The molecule has 2 heterocycles. The fraction of sp³-hybridized carbons (Fsp3) is 0.304. The summed E-state index contributed by atoms with van der Waals surface area (Å²) in [6.07, 6.45) is 1.58. The van der Waals surface area contributed by atoms with Crippen LogP contribution in [-0.4, -0.2) is 40.8 Å². The summed E-state index contributed by atoms with van der Waals surface area (Å²) in [5, 5.41) is 7.52. The Hall–Kier alpha value is -3.37. The van der Waals surface area contributed by atoms with Gasteiger partial charge in [-0.05, 0) is 57.0 Å². The van der Waals surface area contributed by atoms with Crippen molar-refractivity contribution in [2.24, 2.45) is 0 Å². The van der Waals surface area contributed by atoms with Crippen molar-refractivity contribution >= 4 is 45.8 Å². The van der Waals surface area contributed by atoms with E-state index < -0.39 is 17.8 Å². The molecule has 0 spiro atoms. The highest BCUT2D eigenvalue weighted by atomic mass is 35.5. The summed E-state index contributed by atoms with van der Waals surface area (Å²) >= 11 is 7.09. The van der Waals surface area contributed by atoms with Crippen LogP contribution in [0.4, 0.5) is 5.00 Å². The lowest BCUT2D eigenvalue weighted by Crippen LogP contribution is -2.16. The number of carbonyl (C=O) groups excluding carboxylic acids is 3. The predicted molar refractivity (Wildman–Crippen MR) is 128 cm³/mol. The molecule has 0 aliphatic carbocycles. The molecule has 3 rings (SSSR count). The normalized spacial score (nSPS) is 10.6.